The lowest BCUT2D eigenvalue weighted by Crippen LogP contribution is -2.38. The Morgan fingerprint density at radius 3 is 2.56 bits per heavy atom. The summed E-state index contributed by atoms with van der Waals surface area (Å²) in [5.41, 5.74) is 1.33. The van der Waals surface area contributed by atoms with Crippen LogP contribution in [0.1, 0.15) is 12.0 Å². The highest BCUT2D eigenvalue weighted by Gasteiger charge is 2.32. The maximum absolute atomic E-state index is 14.5. The molecular formula is C22H23FN4O3S2. The number of hydrogen-bond donors (Lipinski definition) is 0. The zero-order chi connectivity index (χ0) is 22.7. The minimum absolute atomic E-state index is 0.00152. The van der Waals surface area contributed by atoms with Crippen LogP contribution in [0.3, 0.4) is 0 Å². The number of amides is 1. The van der Waals surface area contributed by atoms with E-state index in [4.69, 9.17) is 0 Å². The predicted octanol–water partition coefficient (Wildman–Crippen LogP) is 2.87. The first kappa shape index (κ1) is 22.5. The van der Waals surface area contributed by atoms with Gasteiger partial charge >= 0.3 is 0 Å². The molecule has 7 nitrogen and oxygen atoms in total. The van der Waals surface area contributed by atoms with Crippen LogP contribution in [-0.2, 0) is 21.2 Å². The second-order valence-electron chi connectivity index (χ2n) is 7.71. The molecule has 1 amide bonds. The molecule has 168 valence electrons. The number of nitrogens with zero attached hydrogens (tertiary/aromatic N) is 4. The lowest BCUT2D eigenvalue weighted by molar-refractivity contribution is -0.128. The van der Waals surface area contributed by atoms with Crippen molar-refractivity contribution in [2.24, 2.45) is 0 Å². The number of carbonyl (C=O) groups excluding carboxylic acids is 1. The molecule has 0 spiro atoms. The lowest BCUT2D eigenvalue weighted by Gasteiger charge is -2.23. The summed E-state index contributed by atoms with van der Waals surface area (Å²) in [7, 11) is -1.44. The van der Waals surface area contributed by atoms with Crippen molar-refractivity contribution in [3.05, 3.63) is 66.0 Å². The predicted molar refractivity (Wildman–Crippen MR) is 122 cm³/mol. The van der Waals surface area contributed by atoms with Crippen molar-refractivity contribution in [2.75, 3.05) is 24.3 Å². The van der Waals surface area contributed by atoms with E-state index in [1.54, 1.807) is 29.8 Å². The normalized spacial score (nSPS) is 17.4. The van der Waals surface area contributed by atoms with E-state index in [0.717, 1.165) is 5.56 Å². The smallest absolute Gasteiger partial charge is 0.233 e. The zero-order valence-electron chi connectivity index (χ0n) is 17.5. The van der Waals surface area contributed by atoms with Crippen LogP contribution in [0.4, 0.5) is 4.39 Å². The average molecular weight is 475 g/mol. The summed E-state index contributed by atoms with van der Waals surface area (Å²) in [6, 6.07) is 15.7. The number of aromatic nitrogens is 3. The number of hydrogen-bond acceptors (Lipinski definition) is 6. The van der Waals surface area contributed by atoms with E-state index in [1.807, 2.05) is 30.3 Å². The van der Waals surface area contributed by atoms with Gasteiger partial charge in [0.25, 0.3) is 0 Å². The first-order valence-corrected chi connectivity index (χ1v) is 13.0. The molecule has 3 aromatic rings. The number of halogens is 1. The molecule has 32 heavy (non-hydrogen) atoms. The molecule has 1 saturated heterocycles. The molecule has 1 aromatic heterocycles. The molecule has 1 fully saturated rings. The highest BCUT2D eigenvalue weighted by atomic mass is 32.2. The van der Waals surface area contributed by atoms with Crippen molar-refractivity contribution < 1.29 is 17.6 Å². The van der Waals surface area contributed by atoms with Crippen LogP contribution < -0.4 is 0 Å². The summed E-state index contributed by atoms with van der Waals surface area (Å²) in [6.07, 6.45) is 0.455. The van der Waals surface area contributed by atoms with Gasteiger partial charge in [-0.15, -0.1) is 10.2 Å². The molecule has 2 aromatic carbocycles. The number of rotatable bonds is 7. The first-order chi connectivity index (χ1) is 15.3. The van der Waals surface area contributed by atoms with E-state index in [9.17, 15) is 17.6 Å². The Labute approximate surface area is 190 Å². The third-order valence-corrected chi connectivity index (χ3v) is 8.19. The van der Waals surface area contributed by atoms with Gasteiger partial charge in [-0.2, -0.15) is 0 Å². The Bertz CT molecular complexity index is 1210. The fourth-order valence-corrected chi connectivity index (χ4v) is 6.29. The van der Waals surface area contributed by atoms with Crippen LogP contribution in [0.5, 0.6) is 0 Å². The minimum Gasteiger partial charge on any atom is -0.341 e. The summed E-state index contributed by atoms with van der Waals surface area (Å²) in [4.78, 5) is 14.2. The van der Waals surface area contributed by atoms with Gasteiger partial charge in [-0.3, -0.25) is 9.36 Å². The monoisotopic (exact) mass is 474 g/mol. The van der Waals surface area contributed by atoms with Gasteiger partial charge in [0.05, 0.1) is 29.4 Å². The summed E-state index contributed by atoms with van der Waals surface area (Å²) in [5, 5.41) is 8.93. The topological polar surface area (TPSA) is 85.2 Å². The number of benzene rings is 2. The Hall–Kier alpha value is -2.72. The summed E-state index contributed by atoms with van der Waals surface area (Å²) < 4.78 is 39.7. The molecule has 0 saturated carbocycles. The second kappa shape index (κ2) is 9.41. The Morgan fingerprint density at radius 2 is 1.88 bits per heavy atom. The molecule has 0 radical (unpaired) electrons. The first-order valence-electron chi connectivity index (χ1n) is 10.1. The maximum atomic E-state index is 14.5. The Morgan fingerprint density at radius 1 is 1.16 bits per heavy atom. The second-order valence-corrected chi connectivity index (χ2v) is 10.9. The van der Waals surface area contributed by atoms with Gasteiger partial charge in [0.2, 0.25) is 5.91 Å². The highest BCUT2D eigenvalue weighted by Crippen LogP contribution is 2.27. The van der Waals surface area contributed by atoms with Gasteiger partial charge in [-0.25, -0.2) is 12.8 Å². The van der Waals surface area contributed by atoms with Crippen LogP contribution in [0.2, 0.25) is 0 Å². The summed E-state index contributed by atoms with van der Waals surface area (Å²) >= 11 is 1.21. The fourth-order valence-electron chi connectivity index (χ4n) is 3.66. The number of sulfone groups is 1. The van der Waals surface area contributed by atoms with E-state index >= 15 is 0 Å². The van der Waals surface area contributed by atoms with Gasteiger partial charge < -0.3 is 4.90 Å². The average Bonchev–Trinajstić information content (AvgIpc) is 3.35. The van der Waals surface area contributed by atoms with Crippen LogP contribution in [0.25, 0.3) is 11.4 Å². The van der Waals surface area contributed by atoms with E-state index in [0.29, 0.717) is 29.5 Å². The van der Waals surface area contributed by atoms with E-state index in [1.165, 1.54) is 22.7 Å². The van der Waals surface area contributed by atoms with Gasteiger partial charge in [0.1, 0.15) is 5.82 Å². The number of carbonyl (C=O) groups is 1. The largest absolute Gasteiger partial charge is 0.341 e. The zero-order valence-corrected chi connectivity index (χ0v) is 19.2. The van der Waals surface area contributed by atoms with E-state index in [2.05, 4.69) is 10.2 Å². The fraction of sp³-hybridized carbons (Fsp3) is 0.318. The van der Waals surface area contributed by atoms with Gasteiger partial charge in [-0.1, -0.05) is 54.2 Å². The van der Waals surface area contributed by atoms with Crippen molar-refractivity contribution in [3.63, 3.8) is 0 Å². The van der Waals surface area contributed by atoms with Crippen molar-refractivity contribution in [3.8, 4) is 11.4 Å². The molecule has 0 aliphatic carbocycles. The molecule has 1 aliphatic heterocycles. The van der Waals surface area contributed by atoms with Crippen molar-refractivity contribution in [1.82, 2.24) is 19.7 Å². The van der Waals surface area contributed by atoms with Crippen LogP contribution >= 0.6 is 11.8 Å². The highest BCUT2D eigenvalue weighted by molar-refractivity contribution is 7.99. The molecule has 1 aliphatic rings. The van der Waals surface area contributed by atoms with E-state index < -0.39 is 15.7 Å². The number of thioether (sulfide) groups is 1. The molecule has 1 unspecified atom stereocenters. The quantitative estimate of drug-likeness (QED) is 0.490. The van der Waals surface area contributed by atoms with Crippen LogP contribution in [-0.4, -0.2) is 64.3 Å². The molecule has 1 atom stereocenters. The van der Waals surface area contributed by atoms with E-state index in [-0.39, 0.29) is 29.2 Å². The van der Waals surface area contributed by atoms with Crippen molar-refractivity contribution in [2.45, 2.75) is 24.2 Å². The molecular weight excluding hydrogens is 451 g/mol. The van der Waals surface area contributed by atoms with Crippen LogP contribution in [0, 0.1) is 5.82 Å². The van der Waals surface area contributed by atoms with Crippen molar-refractivity contribution in [1.29, 1.82) is 0 Å². The third kappa shape index (κ3) is 5.02. The van der Waals surface area contributed by atoms with Crippen LogP contribution in [0.15, 0.2) is 59.8 Å². The molecule has 0 N–H and O–H groups in total. The summed E-state index contributed by atoms with van der Waals surface area (Å²) in [6.45, 7) is 0.421. The van der Waals surface area contributed by atoms with Gasteiger partial charge in [0, 0.05) is 13.1 Å². The third-order valence-electron chi connectivity index (χ3n) is 5.49. The van der Waals surface area contributed by atoms with Gasteiger partial charge in [-0.05, 0) is 24.1 Å². The Balaban J connectivity index is 1.55. The Kier molecular flexibility index (Phi) is 6.61. The lowest BCUT2D eigenvalue weighted by atomic mass is 10.2. The maximum Gasteiger partial charge on any atom is 0.233 e. The minimum atomic E-state index is -3.08. The standard InChI is InChI=1S/C22H23FN4O3S2/c1-26(17-11-12-32(29,30)15-17)20(28)14-31-22-25-24-21(18-9-5-6-10-19(18)23)27(22)13-16-7-3-2-4-8-16/h2-10,17H,11-15H2,1H3. The molecule has 4 rings (SSSR count). The SMILES string of the molecule is CN(C(=O)CSc1nnc(-c2ccccc2F)n1Cc1ccccc1)C1CCS(=O)(=O)C1. The molecule has 10 heteroatoms. The van der Waals surface area contributed by atoms with Crippen molar-refractivity contribution >= 4 is 27.5 Å². The van der Waals surface area contributed by atoms with Gasteiger partial charge in [0.15, 0.2) is 20.8 Å². The molecule has 0 bridgehead atoms. The summed E-state index contributed by atoms with van der Waals surface area (Å²) in [5.74, 6) is -0.00142. The molecule has 2 heterocycles.